The van der Waals surface area contributed by atoms with Gasteiger partial charge in [0.1, 0.15) is 18.0 Å². The van der Waals surface area contributed by atoms with Gasteiger partial charge in [0.2, 0.25) is 5.82 Å². The highest BCUT2D eigenvalue weighted by atomic mass is 16.2. The molecule has 2 aliphatic heterocycles. The van der Waals surface area contributed by atoms with Crippen LogP contribution in [0.15, 0.2) is 12.4 Å². The monoisotopic (exact) mass is 356 g/mol. The van der Waals surface area contributed by atoms with E-state index in [4.69, 9.17) is 0 Å². The van der Waals surface area contributed by atoms with E-state index in [9.17, 15) is 4.79 Å². The predicted octanol–water partition coefficient (Wildman–Crippen LogP) is 0.333. The normalized spacial score (nSPS) is 21.0. The summed E-state index contributed by atoms with van der Waals surface area (Å²) in [7, 11) is 0. The number of rotatable bonds is 3. The summed E-state index contributed by atoms with van der Waals surface area (Å²) in [6.45, 7) is 6.81. The third kappa shape index (κ3) is 3.52. The molecule has 0 aromatic carbocycles. The Kier molecular flexibility index (Phi) is 4.79. The van der Waals surface area contributed by atoms with Crippen molar-refractivity contribution in [3.8, 4) is 0 Å². The van der Waals surface area contributed by atoms with Crippen LogP contribution < -0.4 is 10.2 Å². The fraction of sp³-hybridized carbons (Fsp3) is 0.588. The maximum absolute atomic E-state index is 12.4. The van der Waals surface area contributed by atoms with Crippen LogP contribution in [0.25, 0.3) is 0 Å². The van der Waals surface area contributed by atoms with Crippen molar-refractivity contribution < 1.29 is 4.79 Å². The van der Waals surface area contributed by atoms with E-state index in [2.05, 4.69) is 41.4 Å². The van der Waals surface area contributed by atoms with Crippen molar-refractivity contribution >= 4 is 11.7 Å². The van der Waals surface area contributed by atoms with Crippen molar-refractivity contribution in [2.75, 3.05) is 44.2 Å². The third-order valence-corrected chi connectivity index (χ3v) is 5.07. The number of piperazine rings is 1. The molecule has 0 spiro atoms. The SMILES string of the molecule is Cc1nc([C@@H]2CCCNC2)cc(N2CCN(C(=O)c3ncn[nH]3)CC2)n1. The molecule has 2 aromatic heterocycles. The number of nitrogens with zero attached hydrogens (tertiary/aromatic N) is 6. The number of hydrogen-bond donors (Lipinski definition) is 2. The number of H-pyrrole nitrogens is 1. The Labute approximate surface area is 152 Å². The molecule has 1 amide bonds. The summed E-state index contributed by atoms with van der Waals surface area (Å²) >= 11 is 0. The smallest absolute Gasteiger partial charge is 0.291 e. The molecule has 9 heteroatoms. The van der Waals surface area contributed by atoms with Gasteiger partial charge in [0.15, 0.2) is 0 Å². The minimum Gasteiger partial charge on any atom is -0.353 e. The summed E-state index contributed by atoms with van der Waals surface area (Å²) < 4.78 is 0. The quantitative estimate of drug-likeness (QED) is 0.817. The number of aryl methyl sites for hydroxylation is 1. The molecule has 2 saturated heterocycles. The molecule has 26 heavy (non-hydrogen) atoms. The van der Waals surface area contributed by atoms with Gasteiger partial charge in [0, 0.05) is 44.7 Å². The van der Waals surface area contributed by atoms with Gasteiger partial charge in [-0.1, -0.05) is 0 Å². The second-order valence-electron chi connectivity index (χ2n) is 6.85. The number of nitrogens with one attached hydrogen (secondary N) is 2. The van der Waals surface area contributed by atoms with Gasteiger partial charge >= 0.3 is 0 Å². The zero-order valence-electron chi connectivity index (χ0n) is 15.0. The number of piperidine rings is 1. The standard InChI is InChI=1S/C17H24N8O/c1-12-21-14(13-3-2-4-18-10-13)9-15(22-12)24-5-7-25(8-6-24)17(26)16-19-11-20-23-16/h9,11,13,18H,2-8,10H2,1H3,(H,19,20,23)/t13-/m1/s1. The fourth-order valence-corrected chi connectivity index (χ4v) is 3.65. The first-order chi connectivity index (χ1) is 12.7. The lowest BCUT2D eigenvalue weighted by molar-refractivity contribution is 0.0734. The van der Waals surface area contributed by atoms with Gasteiger partial charge < -0.3 is 15.1 Å². The van der Waals surface area contributed by atoms with E-state index < -0.39 is 0 Å². The van der Waals surface area contributed by atoms with Crippen LogP contribution in [-0.2, 0) is 0 Å². The molecule has 0 radical (unpaired) electrons. The van der Waals surface area contributed by atoms with E-state index in [1.54, 1.807) is 4.90 Å². The highest BCUT2D eigenvalue weighted by Crippen LogP contribution is 2.25. The Bertz CT molecular complexity index is 748. The average Bonchev–Trinajstić information content (AvgIpc) is 3.22. The molecule has 0 saturated carbocycles. The summed E-state index contributed by atoms with van der Waals surface area (Å²) in [5.74, 6) is 2.42. The van der Waals surface area contributed by atoms with Crippen LogP contribution in [0.2, 0.25) is 0 Å². The van der Waals surface area contributed by atoms with Crippen LogP contribution in [-0.4, -0.2) is 75.2 Å². The van der Waals surface area contributed by atoms with Crippen molar-refractivity contribution in [3.05, 3.63) is 29.7 Å². The van der Waals surface area contributed by atoms with Crippen LogP contribution in [0, 0.1) is 6.92 Å². The van der Waals surface area contributed by atoms with Crippen molar-refractivity contribution in [2.24, 2.45) is 0 Å². The lowest BCUT2D eigenvalue weighted by Crippen LogP contribution is -2.49. The van der Waals surface area contributed by atoms with Gasteiger partial charge in [-0.15, -0.1) is 0 Å². The van der Waals surface area contributed by atoms with Crippen molar-refractivity contribution in [1.29, 1.82) is 0 Å². The van der Waals surface area contributed by atoms with Gasteiger partial charge in [-0.05, 0) is 26.3 Å². The van der Waals surface area contributed by atoms with Crippen LogP contribution in [0.5, 0.6) is 0 Å². The Balaban J connectivity index is 1.44. The third-order valence-electron chi connectivity index (χ3n) is 5.07. The van der Waals surface area contributed by atoms with E-state index in [1.807, 2.05) is 6.92 Å². The summed E-state index contributed by atoms with van der Waals surface area (Å²) in [6, 6.07) is 2.12. The van der Waals surface area contributed by atoms with Gasteiger partial charge in [0.05, 0.1) is 5.69 Å². The van der Waals surface area contributed by atoms with Crippen molar-refractivity contribution in [3.63, 3.8) is 0 Å². The minimum absolute atomic E-state index is 0.102. The molecule has 4 heterocycles. The molecule has 2 aliphatic rings. The molecule has 138 valence electrons. The molecule has 0 bridgehead atoms. The number of carbonyl (C=O) groups is 1. The van der Waals surface area contributed by atoms with Gasteiger partial charge in [-0.3, -0.25) is 9.89 Å². The van der Waals surface area contributed by atoms with Crippen LogP contribution in [0.1, 0.15) is 40.9 Å². The minimum atomic E-state index is -0.102. The molecule has 2 N–H and O–H groups in total. The Hall–Kier alpha value is -2.55. The van der Waals surface area contributed by atoms with E-state index in [0.717, 1.165) is 43.5 Å². The van der Waals surface area contributed by atoms with Crippen molar-refractivity contribution in [2.45, 2.75) is 25.7 Å². The van der Waals surface area contributed by atoms with Gasteiger partial charge in [-0.2, -0.15) is 5.10 Å². The number of aromatic nitrogens is 5. The lowest BCUT2D eigenvalue weighted by atomic mass is 9.96. The maximum Gasteiger partial charge on any atom is 0.291 e. The summed E-state index contributed by atoms with van der Waals surface area (Å²) in [6.07, 6.45) is 3.71. The molecular formula is C17H24N8O. The Morgan fingerprint density at radius 3 is 2.77 bits per heavy atom. The molecule has 9 nitrogen and oxygen atoms in total. The predicted molar refractivity (Wildman–Crippen MR) is 96.1 cm³/mol. The number of amides is 1. The number of anilines is 1. The number of hydrogen-bond acceptors (Lipinski definition) is 7. The fourth-order valence-electron chi connectivity index (χ4n) is 3.65. The van der Waals surface area contributed by atoms with Crippen LogP contribution >= 0.6 is 0 Å². The second kappa shape index (κ2) is 7.36. The zero-order valence-corrected chi connectivity index (χ0v) is 15.0. The summed E-state index contributed by atoms with van der Waals surface area (Å²) in [5.41, 5.74) is 1.12. The summed E-state index contributed by atoms with van der Waals surface area (Å²) in [5, 5.41) is 9.84. The van der Waals surface area contributed by atoms with E-state index >= 15 is 0 Å². The second-order valence-corrected chi connectivity index (χ2v) is 6.85. The van der Waals surface area contributed by atoms with Crippen molar-refractivity contribution in [1.82, 2.24) is 35.4 Å². The van der Waals surface area contributed by atoms with Crippen LogP contribution in [0.3, 0.4) is 0 Å². The van der Waals surface area contributed by atoms with Gasteiger partial charge in [-0.25, -0.2) is 15.0 Å². The topological polar surface area (TPSA) is 103 Å². The molecule has 4 rings (SSSR count). The molecular weight excluding hydrogens is 332 g/mol. The maximum atomic E-state index is 12.4. The highest BCUT2D eigenvalue weighted by molar-refractivity contribution is 5.90. The lowest BCUT2D eigenvalue weighted by Gasteiger charge is -2.35. The largest absolute Gasteiger partial charge is 0.353 e. The molecule has 2 aromatic rings. The molecule has 2 fully saturated rings. The Morgan fingerprint density at radius 1 is 1.23 bits per heavy atom. The molecule has 0 unspecified atom stereocenters. The first-order valence-electron chi connectivity index (χ1n) is 9.16. The number of aromatic amines is 1. The zero-order chi connectivity index (χ0) is 17.9. The molecule has 0 aliphatic carbocycles. The van der Waals surface area contributed by atoms with Crippen LogP contribution in [0.4, 0.5) is 5.82 Å². The van der Waals surface area contributed by atoms with E-state index in [-0.39, 0.29) is 5.91 Å². The first kappa shape index (κ1) is 16.9. The van der Waals surface area contributed by atoms with E-state index in [1.165, 1.54) is 19.2 Å². The number of carbonyl (C=O) groups excluding carboxylic acids is 1. The first-order valence-corrected chi connectivity index (χ1v) is 9.16. The summed E-state index contributed by atoms with van der Waals surface area (Å²) in [4.78, 5) is 29.6. The highest BCUT2D eigenvalue weighted by Gasteiger charge is 2.25. The van der Waals surface area contributed by atoms with Gasteiger partial charge in [0.25, 0.3) is 5.91 Å². The molecule has 1 atom stereocenters. The average molecular weight is 356 g/mol. The Morgan fingerprint density at radius 2 is 2.08 bits per heavy atom. The van der Waals surface area contributed by atoms with E-state index in [0.29, 0.717) is 24.8 Å².